The number of aromatic nitrogens is 7. The largest absolute Gasteiger partial charge is 0.314 e. The molecule has 0 bridgehead atoms. The Labute approximate surface area is 187 Å². The Morgan fingerprint density at radius 3 is 2.50 bits per heavy atom. The summed E-state index contributed by atoms with van der Waals surface area (Å²) in [6.07, 6.45) is 3.49. The van der Waals surface area contributed by atoms with E-state index in [0.29, 0.717) is 12.4 Å². The average molecular weight is 438 g/mol. The molecule has 32 heavy (non-hydrogen) atoms. The van der Waals surface area contributed by atoms with Gasteiger partial charge in [-0.15, -0.1) is 15.3 Å². The average Bonchev–Trinajstić information content (AvgIpc) is 3.36. The summed E-state index contributed by atoms with van der Waals surface area (Å²) in [4.78, 5) is 17.2. The highest BCUT2D eigenvalue weighted by molar-refractivity contribution is 5.23. The molecule has 170 valence electrons. The first-order chi connectivity index (χ1) is 15.6. The van der Waals surface area contributed by atoms with Gasteiger partial charge in [0, 0.05) is 57.4 Å². The molecule has 0 atom stereocenters. The van der Waals surface area contributed by atoms with Crippen LogP contribution in [0.1, 0.15) is 35.9 Å². The van der Waals surface area contributed by atoms with Crippen molar-refractivity contribution >= 4 is 0 Å². The number of piperazine rings is 1. The van der Waals surface area contributed by atoms with Crippen LogP contribution in [0, 0.1) is 13.8 Å². The van der Waals surface area contributed by atoms with Gasteiger partial charge in [0.15, 0.2) is 5.82 Å². The lowest BCUT2D eigenvalue weighted by Gasteiger charge is -2.34. The van der Waals surface area contributed by atoms with Crippen LogP contribution in [0.2, 0.25) is 0 Å². The molecule has 2 aliphatic rings. The summed E-state index contributed by atoms with van der Waals surface area (Å²) >= 11 is 0. The van der Waals surface area contributed by atoms with Gasteiger partial charge in [-0.1, -0.05) is 0 Å². The van der Waals surface area contributed by atoms with Crippen LogP contribution < -0.4 is 5.56 Å². The van der Waals surface area contributed by atoms with Crippen LogP contribution in [-0.2, 0) is 26.1 Å². The fourth-order valence-corrected chi connectivity index (χ4v) is 4.66. The minimum Gasteiger partial charge on any atom is -0.314 e. The summed E-state index contributed by atoms with van der Waals surface area (Å²) in [6, 6.07) is 5.32. The van der Waals surface area contributed by atoms with Gasteiger partial charge < -0.3 is 4.57 Å². The molecule has 5 heterocycles. The molecule has 10 nitrogen and oxygen atoms in total. The highest BCUT2D eigenvalue weighted by Crippen LogP contribution is 2.16. The zero-order valence-corrected chi connectivity index (χ0v) is 18.9. The summed E-state index contributed by atoms with van der Waals surface area (Å²) in [5.74, 6) is 2.92. The van der Waals surface area contributed by atoms with Crippen LogP contribution in [0.25, 0.3) is 5.82 Å². The maximum Gasteiger partial charge on any atom is 0.266 e. The van der Waals surface area contributed by atoms with Crippen molar-refractivity contribution in [3.05, 3.63) is 51.6 Å². The van der Waals surface area contributed by atoms with Crippen molar-refractivity contribution in [1.29, 1.82) is 0 Å². The fraction of sp³-hybridized carbons (Fsp3) is 0.591. The second-order valence-electron chi connectivity index (χ2n) is 8.85. The minimum atomic E-state index is -0.0782. The van der Waals surface area contributed by atoms with Crippen molar-refractivity contribution in [1.82, 2.24) is 44.1 Å². The molecule has 0 N–H and O–H groups in total. The second-order valence-corrected chi connectivity index (χ2v) is 8.85. The van der Waals surface area contributed by atoms with Crippen molar-refractivity contribution in [2.24, 2.45) is 0 Å². The standard InChI is InChI=1S/C22H31N9O/c1-17-15-18(2)31(25-17)20-6-7-22(32)30(26-20)14-13-27-9-11-28(12-10-27)16-21-24-23-19-5-3-4-8-29(19)21/h6-7,15H,3-5,8-14,16H2,1-2H3. The van der Waals surface area contributed by atoms with E-state index in [-0.39, 0.29) is 5.56 Å². The predicted octanol–water partition coefficient (Wildman–Crippen LogP) is 0.791. The van der Waals surface area contributed by atoms with Crippen LogP contribution in [0.5, 0.6) is 0 Å². The molecule has 0 aromatic carbocycles. The maximum absolute atomic E-state index is 12.3. The summed E-state index contributed by atoms with van der Waals surface area (Å²) in [7, 11) is 0. The van der Waals surface area contributed by atoms with E-state index in [0.717, 1.165) is 75.3 Å². The molecular formula is C22H31N9O. The number of hydrogen-bond donors (Lipinski definition) is 0. The topological polar surface area (TPSA) is 89.9 Å². The molecule has 0 unspecified atom stereocenters. The Balaban J connectivity index is 1.16. The van der Waals surface area contributed by atoms with Crippen molar-refractivity contribution in [2.75, 3.05) is 32.7 Å². The van der Waals surface area contributed by atoms with Crippen LogP contribution in [-0.4, -0.2) is 76.8 Å². The van der Waals surface area contributed by atoms with Gasteiger partial charge in [-0.05, 0) is 38.8 Å². The Kier molecular flexibility index (Phi) is 5.88. The summed E-state index contributed by atoms with van der Waals surface area (Å²) in [5.41, 5.74) is 1.86. The molecule has 0 saturated carbocycles. The second kappa shape index (κ2) is 8.95. The van der Waals surface area contributed by atoms with E-state index in [1.54, 1.807) is 21.5 Å². The summed E-state index contributed by atoms with van der Waals surface area (Å²) in [5, 5.41) is 17.9. The summed E-state index contributed by atoms with van der Waals surface area (Å²) in [6.45, 7) is 11.2. The molecule has 0 aliphatic carbocycles. The van der Waals surface area contributed by atoms with Gasteiger partial charge in [-0.3, -0.25) is 14.6 Å². The Bertz CT molecular complexity index is 1140. The lowest BCUT2D eigenvalue weighted by molar-refractivity contribution is 0.119. The molecule has 0 spiro atoms. The molecule has 5 rings (SSSR count). The first-order valence-corrected chi connectivity index (χ1v) is 11.5. The predicted molar refractivity (Wildman–Crippen MR) is 120 cm³/mol. The third-order valence-corrected chi connectivity index (χ3v) is 6.47. The smallest absolute Gasteiger partial charge is 0.266 e. The molecular weight excluding hydrogens is 406 g/mol. The van der Waals surface area contributed by atoms with Crippen molar-refractivity contribution in [3.63, 3.8) is 0 Å². The highest BCUT2D eigenvalue weighted by Gasteiger charge is 2.21. The third kappa shape index (κ3) is 4.37. The van der Waals surface area contributed by atoms with Gasteiger partial charge in [0.1, 0.15) is 11.6 Å². The third-order valence-electron chi connectivity index (χ3n) is 6.47. The van der Waals surface area contributed by atoms with E-state index in [1.807, 2.05) is 19.9 Å². The first kappa shape index (κ1) is 21.0. The molecule has 2 aliphatic heterocycles. The molecule has 0 amide bonds. The first-order valence-electron chi connectivity index (χ1n) is 11.5. The van der Waals surface area contributed by atoms with E-state index >= 15 is 0 Å². The minimum absolute atomic E-state index is 0.0782. The molecule has 3 aromatic heterocycles. The van der Waals surface area contributed by atoms with E-state index < -0.39 is 0 Å². The van der Waals surface area contributed by atoms with E-state index in [9.17, 15) is 4.79 Å². The lowest BCUT2D eigenvalue weighted by atomic mass is 10.1. The van der Waals surface area contributed by atoms with Gasteiger partial charge in [-0.25, -0.2) is 9.36 Å². The van der Waals surface area contributed by atoms with E-state index in [1.165, 1.54) is 12.8 Å². The molecule has 1 saturated heterocycles. The molecule has 0 radical (unpaired) electrons. The van der Waals surface area contributed by atoms with E-state index in [4.69, 9.17) is 0 Å². The SMILES string of the molecule is Cc1cc(C)n(-c2ccc(=O)n(CCN3CCN(Cc4nnc5n4CCCC5)CC3)n2)n1. The normalized spacial score (nSPS) is 17.6. The number of nitrogens with zero attached hydrogens (tertiary/aromatic N) is 9. The van der Waals surface area contributed by atoms with Gasteiger partial charge in [0.25, 0.3) is 5.56 Å². The van der Waals surface area contributed by atoms with Crippen LogP contribution in [0.4, 0.5) is 0 Å². The number of aryl methyl sites for hydroxylation is 3. The zero-order chi connectivity index (χ0) is 22.1. The van der Waals surface area contributed by atoms with Crippen molar-refractivity contribution in [3.8, 4) is 5.82 Å². The Morgan fingerprint density at radius 2 is 1.72 bits per heavy atom. The zero-order valence-electron chi connectivity index (χ0n) is 18.9. The van der Waals surface area contributed by atoms with Crippen LogP contribution >= 0.6 is 0 Å². The van der Waals surface area contributed by atoms with Crippen molar-refractivity contribution < 1.29 is 0 Å². The van der Waals surface area contributed by atoms with Crippen LogP contribution in [0.15, 0.2) is 23.0 Å². The van der Waals surface area contributed by atoms with Crippen molar-refractivity contribution in [2.45, 2.75) is 52.7 Å². The Hall–Kier alpha value is -2.85. The monoisotopic (exact) mass is 437 g/mol. The van der Waals surface area contributed by atoms with Gasteiger partial charge >= 0.3 is 0 Å². The number of hydrogen-bond acceptors (Lipinski definition) is 7. The quantitative estimate of drug-likeness (QED) is 0.563. The van der Waals surface area contributed by atoms with Gasteiger partial charge in [-0.2, -0.15) is 5.10 Å². The highest BCUT2D eigenvalue weighted by atomic mass is 16.1. The van der Waals surface area contributed by atoms with E-state index in [2.05, 4.69) is 34.8 Å². The molecule has 3 aromatic rings. The number of rotatable bonds is 6. The van der Waals surface area contributed by atoms with Gasteiger partial charge in [0.05, 0.1) is 18.8 Å². The van der Waals surface area contributed by atoms with Gasteiger partial charge in [0.2, 0.25) is 0 Å². The van der Waals surface area contributed by atoms with Crippen LogP contribution in [0.3, 0.4) is 0 Å². The number of fused-ring (bicyclic) bond motifs is 1. The Morgan fingerprint density at radius 1 is 0.906 bits per heavy atom. The fourth-order valence-electron chi connectivity index (χ4n) is 4.66. The molecule has 10 heteroatoms. The molecule has 1 fully saturated rings. The summed E-state index contributed by atoms with van der Waals surface area (Å²) < 4.78 is 5.65. The lowest BCUT2D eigenvalue weighted by Crippen LogP contribution is -2.47. The maximum atomic E-state index is 12.3.